The first kappa shape index (κ1) is 48.0. The Labute approximate surface area is 301 Å². The Hall–Kier alpha value is -0.990. The highest BCUT2D eigenvalue weighted by Gasteiger charge is 2.23. The zero-order valence-electron chi connectivity index (χ0n) is 31.9. The van der Waals surface area contributed by atoms with Crippen LogP contribution in [-0.4, -0.2) is 54.3 Å². The summed E-state index contributed by atoms with van der Waals surface area (Å²) in [5.74, 6) is -0.506. The molecule has 0 spiro atoms. The van der Waals surface area contributed by atoms with Crippen LogP contribution in [0.4, 0.5) is 0 Å². The summed E-state index contributed by atoms with van der Waals surface area (Å²) in [5.41, 5.74) is 0. The average Bonchev–Trinajstić information content (AvgIpc) is 3.08. The predicted octanol–water partition coefficient (Wildman–Crippen LogP) is 10.9. The lowest BCUT2D eigenvalue weighted by atomic mass is 10.0. The molecule has 3 N–H and O–H groups in total. The highest BCUT2D eigenvalue weighted by atomic mass is 31.2. The maximum Gasteiger partial charge on any atom is 0.472 e. The molecule has 0 aromatic rings. The highest BCUT2D eigenvalue weighted by molar-refractivity contribution is 7.47. The Bertz CT molecular complexity index is 784. The Balaban J connectivity index is 3.57. The normalized spacial score (nSPS) is 13.3. The molecule has 0 aliphatic carbocycles. The van der Waals surface area contributed by atoms with Gasteiger partial charge in [0.2, 0.25) is 5.91 Å². The molecule has 0 aliphatic heterocycles. The number of carbonyl (C=O) groups excluding carboxylic acids is 2. The van der Waals surface area contributed by atoms with E-state index in [9.17, 15) is 24.2 Å². The Morgan fingerprint density at radius 3 is 1.33 bits per heavy atom. The van der Waals surface area contributed by atoms with Crippen LogP contribution in [0.15, 0.2) is 0 Å². The molecule has 9 nitrogen and oxygen atoms in total. The van der Waals surface area contributed by atoms with Crippen LogP contribution in [0, 0.1) is 0 Å². The van der Waals surface area contributed by atoms with Crippen LogP contribution >= 0.6 is 7.82 Å². The molecule has 0 aliphatic rings. The van der Waals surface area contributed by atoms with E-state index in [4.69, 9.17) is 13.8 Å². The van der Waals surface area contributed by atoms with Gasteiger partial charge in [-0.25, -0.2) is 4.57 Å². The summed E-state index contributed by atoms with van der Waals surface area (Å²) in [5, 5.41) is 12.7. The molecule has 0 saturated carbocycles. The van der Waals surface area contributed by atoms with Crippen LogP contribution in [0.3, 0.4) is 0 Å². The number of hydrogen-bond donors (Lipinski definition) is 3. The van der Waals surface area contributed by atoms with E-state index in [0.29, 0.717) is 12.8 Å². The number of nitrogens with one attached hydrogen (secondary N) is 1. The summed E-state index contributed by atoms with van der Waals surface area (Å²) < 4.78 is 26.8. The van der Waals surface area contributed by atoms with Crippen LogP contribution in [0.5, 0.6) is 0 Å². The number of phosphoric acid groups is 1. The van der Waals surface area contributed by atoms with E-state index in [1.54, 1.807) is 0 Å². The van der Waals surface area contributed by atoms with Gasteiger partial charge in [0.1, 0.15) is 12.7 Å². The smallest absolute Gasteiger partial charge is 0.463 e. The first-order valence-electron chi connectivity index (χ1n) is 20.5. The fraction of sp³-hybridized carbons (Fsp3) is 0.949. The van der Waals surface area contributed by atoms with E-state index in [-0.39, 0.29) is 25.7 Å². The molecule has 49 heavy (non-hydrogen) atoms. The number of esters is 1. The number of amides is 1. The van der Waals surface area contributed by atoms with E-state index in [1.165, 1.54) is 141 Å². The molecule has 0 radical (unpaired) electrons. The van der Waals surface area contributed by atoms with Gasteiger partial charge >= 0.3 is 13.8 Å². The third-order valence-corrected chi connectivity index (χ3v) is 10.0. The van der Waals surface area contributed by atoms with Crippen LogP contribution in [-0.2, 0) is 27.9 Å². The molecule has 0 fully saturated rings. The lowest BCUT2D eigenvalue weighted by Crippen LogP contribution is -2.27. The minimum atomic E-state index is -4.40. The van der Waals surface area contributed by atoms with Crippen LogP contribution < -0.4 is 5.32 Å². The van der Waals surface area contributed by atoms with E-state index in [0.717, 1.165) is 38.5 Å². The fourth-order valence-corrected chi connectivity index (χ4v) is 6.67. The summed E-state index contributed by atoms with van der Waals surface area (Å²) in [6, 6.07) is 0. The van der Waals surface area contributed by atoms with Gasteiger partial charge in [-0.1, -0.05) is 181 Å². The van der Waals surface area contributed by atoms with Crippen molar-refractivity contribution in [2.75, 3.05) is 26.4 Å². The number of rotatable bonds is 39. The number of carbonyl (C=O) groups is 2. The van der Waals surface area contributed by atoms with Gasteiger partial charge in [0.15, 0.2) is 0 Å². The van der Waals surface area contributed by atoms with Gasteiger partial charge in [0.25, 0.3) is 0 Å². The van der Waals surface area contributed by atoms with Gasteiger partial charge in [-0.2, -0.15) is 0 Å². The largest absolute Gasteiger partial charge is 0.472 e. The first-order chi connectivity index (χ1) is 23.8. The molecular weight excluding hydrogens is 641 g/mol. The van der Waals surface area contributed by atoms with Gasteiger partial charge < -0.3 is 20.1 Å². The summed E-state index contributed by atoms with van der Waals surface area (Å²) in [6.45, 7) is 3.58. The second kappa shape index (κ2) is 36.8. The van der Waals surface area contributed by atoms with Crippen molar-refractivity contribution in [3.8, 4) is 0 Å². The minimum absolute atomic E-state index is 0.0880. The molecular formula is C39H78NO8P. The number of aliphatic hydroxyl groups is 1. The number of unbranched alkanes of at least 4 members (excludes halogenated alkanes) is 26. The topological polar surface area (TPSA) is 131 Å². The van der Waals surface area contributed by atoms with Crippen molar-refractivity contribution < 1.29 is 37.9 Å². The molecule has 0 saturated heterocycles. The summed E-state index contributed by atoms with van der Waals surface area (Å²) in [6.07, 6.45) is 34.5. The van der Waals surface area contributed by atoms with Crippen molar-refractivity contribution >= 4 is 19.7 Å². The summed E-state index contributed by atoms with van der Waals surface area (Å²) in [7, 11) is -4.40. The summed E-state index contributed by atoms with van der Waals surface area (Å²) >= 11 is 0. The molecule has 10 heteroatoms. The first-order valence-corrected chi connectivity index (χ1v) is 22.0. The van der Waals surface area contributed by atoms with Crippen molar-refractivity contribution in [2.45, 2.75) is 213 Å². The maximum atomic E-state index is 12.1. The SMILES string of the molecule is CCCCCCCCCCCCCCCCCC(=O)OCC(O)COP(=O)(O)OCCNC(=O)CCCCCCCCCCCCCCC. The number of aliphatic hydroxyl groups excluding tert-OH is 1. The third-order valence-electron chi connectivity index (χ3n) is 9.04. The van der Waals surface area contributed by atoms with Crippen molar-refractivity contribution in [3.63, 3.8) is 0 Å². The van der Waals surface area contributed by atoms with Crippen molar-refractivity contribution in [1.82, 2.24) is 5.32 Å². The molecule has 2 atom stereocenters. The Morgan fingerprint density at radius 2 is 0.918 bits per heavy atom. The van der Waals surface area contributed by atoms with Crippen LogP contribution in [0.25, 0.3) is 0 Å². The van der Waals surface area contributed by atoms with Crippen molar-refractivity contribution in [1.29, 1.82) is 0 Å². The Kier molecular flexibility index (Phi) is 36.0. The van der Waals surface area contributed by atoms with Gasteiger partial charge in [0, 0.05) is 19.4 Å². The van der Waals surface area contributed by atoms with Crippen molar-refractivity contribution in [3.05, 3.63) is 0 Å². The summed E-state index contributed by atoms with van der Waals surface area (Å²) in [4.78, 5) is 33.8. The minimum Gasteiger partial charge on any atom is -0.463 e. The predicted molar refractivity (Wildman–Crippen MR) is 202 cm³/mol. The molecule has 0 aromatic carbocycles. The van der Waals surface area contributed by atoms with Gasteiger partial charge in [-0.15, -0.1) is 0 Å². The van der Waals surface area contributed by atoms with Gasteiger partial charge in [0.05, 0.1) is 13.2 Å². The number of ether oxygens (including phenoxy) is 1. The molecule has 0 rings (SSSR count). The molecule has 0 aromatic heterocycles. The lowest BCUT2D eigenvalue weighted by Gasteiger charge is -2.15. The zero-order chi connectivity index (χ0) is 36.1. The highest BCUT2D eigenvalue weighted by Crippen LogP contribution is 2.42. The quantitative estimate of drug-likeness (QED) is 0.0325. The van der Waals surface area contributed by atoms with Crippen LogP contribution in [0.1, 0.15) is 206 Å². The third kappa shape index (κ3) is 38.1. The van der Waals surface area contributed by atoms with E-state index in [1.807, 2.05) is 0 Å². The van der Waals surface area contributed by atoms with Crippen LogP contribution in [0.2, 0.25) is 0 Å². The second-order valence-corrected chi connectivity index (χ2v) is 15.4. The van der Waals surface area contributed by atoms with E-state index >= 15 is 0 Å². The standard InChI is InChI=1S/C39H78NO8P/c1-3-5-7-9-11-13-15-17-18-20-22-24-26-28-30-32-39(43)46-35-37(41)36-48-49(44,45)47-34-33-40-38(42)31-29-27-25-23-21-19-16-14-12-10-8-6-4-2/h37,41H,3-36H2,1-2H3,(H,40,42)(H,44,45). The molecule has 292 valence electrons. The molecule has 0 heterocycles. The maximum absolute atomic E-state index is 12.1. The monoisotopic (exact) mass is 720 g/mol. The Morgan fingerprint density at radius 1 is 0.551 bits per heavy atom. The molecule has 2 unspecified atom stereocenters. The molecule has 1 amide bonds. The van der Waals surface area contributed by atoms with Gasteiger partial charge in [-0.3, -0.25) is 18.6 Å². The van der Waals surface area contributed by atoms with Gasteiger partial charge in [-0.05, 0) is 12.8 Å². The number of phosphoric ester groups is 1. The average molecular weight is 720 g/mol. The molecule has 0 bridgehead atoms. The zero-order valence-corrected chi connectivity index (χ0v) is 32.8. The van der Waals surface area contributed by atoms with Crippen molar-refractivity contribution in [2.24, 2.45) is 0 Å². The van der Waals surface area contributed by atoms with E-state index in [2.05, 4.69) is 19.2 Å². The second-order valence-electron chi connectivity index (χ2n) is 14.0. The fourth-order valence-electron chi connectivity index (χ4n) is 5.91. The number of hydrogen-bond acceptors (Lipinski definition) is 7. The lowest BCUT2D eigenvalue weighted by molar-refractivity contribution is -0.147. The van der Waals surface area contributed by atoms with E-state index < -0.39 is 26.5 Å².